The first kappa shape index (κ1) is 17.7. The molecule has 1 N–H and O–H groups in total. The van der Waals surface area contributed by atoms with Crippen LogP contribution in [0.25, 0.3) is 0 Å². The lowest BCUT2D eigenvalue weighted by molar-refractivity contribution is 0.148. The molecule has 6 nitrogen and oxygen atoms in total. The van der Waals surface area contributed by atoms with Crippen LogP contribution in [0.15, 0.2) is 29.2 Å². The summed E-state index contributed by atoms with van der Waals surface area (Å²) < 4.78 is 40.3. The molecule has 1 fully saturated rings. The van der Waals surface area contributed by atoms with E-state index in [1.54, 1.807) is 19.0 Å². The molecule has 1 aliphatic rings. The Labute approximate surface area is 136 Å². The Hall–Kier alpha value is -1.67. The lowest BCUT2D eigenvalue weighted by Crippen LogP contribution is -2.45. The summed E-state index contributed by atoms with van der Waals surface area (Å²) in [5.74, 6) is -0.617. The highest BCUT2D eigenvalue weighted by molar-refractivity contribution is 7.89. The molecule has 0 spiro atoms. The summed E-state index contributed by atoms with van der Waals surface area (Å²) in [4.78, 5) is 14.8. The molecule has 1 heterocycles. The smallest absolute Gasteiger partial charge is 0.319 e. The van der Waals surface area contributed by atoms with Crippen LogP contribution in [0.1, 0.15) is 12.8 Å². The van der Waals surface area contributed by atoms with Gasteiger partial charge >= 0.3 is 6.03 Å². The van der Waals surface area contributed by atoms with Gasteiger partial charge in [-0.25, -0.2) is 22.3 Å². The second-order valence-electron chi connectivity index (χ2n) is 5.89. The molecule has 0 radical (unpaired) electrons. The monoisotopic (exact) mass is 343 g/mol. The van der Waals surface area contributed by atoms with E-state index < -0.39 is 15.8 Å². The molecule has 1 aliphatic heterocycles. The summed E-state index contributed by atoms with van der Waals surface area (Å²) in [6.07, 6.45) is 1.44. The van der Waals surface area contributed by atoms with Crippen molar-refractivity contribution in [2.24, 2.45) is 5.92 Å². The maximum atomic E-state index is 13.6. The SMILES string of the molecule is CN(C)C(=O)N1CCC(CNS(=O)(=O)c2ccccc2F)CC1. The van der Waals surface area contributed by atoms with Crippen molar-refractivity contribution in [2.75, 3.05) is 33.7 Å². The molecule has 128 valence electrons. The minimum atomic E-state index is -3.85. The Bertz CT molecular complexity index is 656. The van der Waals surface area contributed by atoms with Crippen LogP contribution in [0.3, 0.4) is 0 Å². The molecule has 0 aromatic heterocycles. The number of likely N-dealkylation sites (tertiary alicyclic amines) is 1. The summed E-state index contributed by atoms with van der Waals surface area (Å²) in [5.41, 5.74) is 0. The molecule has 23 heavy (non-hydrogen) atoms. The molecule has 0 aliphatic carbocycles. The van der Waals surface area contributed by atoms with Crippen LogP contribution in [-0.4, -0.2) is 58.0 Å². The summed E-state index contributed by atoms with van der Waals surface area (Å²) in [5, 5.41) is 0. The second kappa shape index (κ2) is 7.27. The molecular formula is C15H22FN3O3S. The van der Waals surface area contributed by atoms with Gasteiger partial charge in [-0.15, -0.1) is 0 Å². The van der Waals surface area contributed by atoms with E-state index in [1.807, 2.05) is 0 Å². The van der Waals surface area contributed by atoms with Crippen LogP contribution >= 0.6 is 0 Å². The van der Waals surface area contributed by atoms with Gasteiger partial charge in [0, 0.05) is 33.7 Å². The minimum absolute atomic E-state index is 0.0320. The fraction of sp³-hybridized carbons (Fsp3) is 0.533. The number of rotatable bonds is 4. The highest BCUT2D eigenvalue weighted by Crippen LogP contribution is 2.19. The largest absolute Gasteiger partial charge is 0.331 e. The minimum Gasteiger partial charge on any atom is -0.331 e. The number of carbonyl (C=O) groups is 1. The van der Waals surface area contributed by atoms with E-state index in [0.29, 0.717) is 13.1 Å². The number of sulfonamides is 1. The number of benzene rings is 1. The van der Waals surface area contributed by atoms with Gasteiger partial charge in [-0.3, -0.25) is 0 Å². The van der Waals surface area contributed by atoms with Gasteiger partial charge in [-0.05, 0) is 30.9 Å². The average molecular weight is 343 g/mol. The predicted octanol–water partition coefficient (Wildman–Crippen LogP) is 1.50. The maximum Gasteiger partial charge on any atom is 0.319 e. The molecule has 1 aromatic carbocycles. The number of nitrogens with one attached hydrogen (secondary N) is 1. The Morgan fingerprint density at radius 3 is 2.48 bits per heavy atom. The summed E-state index contributed by atoms with van der Waals surface area (Å²) >= 11 is 0. The summed E-state index contributed by atoms with van der Waals surface area (Å²) in [6, 6.07) is 5.28. The van der Waals surface area contributed by atoms with Gasteiger partial charge in [0.25, 0.3) is 0 Å². The maximum absolute atomic E-state index is 13.6. The summed E-state index contributed by atoms with van der Waals surface area (Å²) in [7, 11) is -0.437. The number of nitrogens with zero attached hydrogens (tertiary/aromatic N) is 2. The first-order valence-corrected chi connectivity index (χ1v) is 9.00. The molecule has 2 rings (SSSR count). The molecule has 2 amide bonds. The van der Waals surface area contributed by atoms with E-state index in [9.17, 15) is 17.6 Å². The number of halogens is 1. The number of urea groups is 1. The van der Waals surface area contributed by atoms with Crippen LogP contribution in [0.4, 0.5) is 9.18 Å². The van der Waals surface area contributed by atoms with Crippen molar-refractivity contribution in [3.05, 3.63) is 30.1 Å². The number of amides is 2. The molecule has 1 saturated heterocycles. The van der Waals surface area contributed by atoms with Gasteiger partial charge in [-0.1, -0.05) is 12.1 Å². The predicted molar refractivity (Wildman–Crippen MR) is 85.0 cm³/mol. The second-order valence-corrected chi connectivity index (χ2v) is 7.63. The third-order valence-electron chi connectivity index (χ3n) is 3.96. The van der Waals surface area contributed by atoms with Crippen LogP contribution in [0.2, 0.25) is 0 Å². The first-order chi connectivity index (χ1) is 10.8. The molecule has 0 saturated carbocycles. The molecule has 1 aromatic rings. The van der Waals surface area contributed by atoms with Crippen molar-refractivity contribution < 1.29 is 17.6 Å². The molecule has 8 heteroatoms. The van der Waals surface area contributed by atoms with Crippen molar-refractivity contribution in [1.29, 1.82) is 0 Å². The van der Waals surface area contributed by atoms with Crippen molar-refractivity contribution >= 4 is 16.1 Å². The standard InChI is InChI=1S/C15H22FN3O3S/c1-18(2)15(20)19-9-7-12(8-10-19)11-17-23(21,22)14-6-4-3-5-13(14)16/h3-6,12,17H,7-11H2,1-2H3. The topological polar surface area (TPSA) is 69.7 Å². The van der Waals surface area contributed by atoms with Crippen molar-refractivity contribution in [3.8, 4) is 0 Å². The van der Waals surface area contributed by atoms with E-state index in [2.05, 4.69) is 4.72 Å². The van der Waals surface area contributed by atoms with E-state index in [4.69, 9.17) is 0 Å². The Kier molecular flexibility index (Phi) is 5.59. The summed E-state index contributed by atoms with van der Waals surface area (Å²) in [6.45, 7) is 1.45. The van der Waals surface area contributed by atoms with Crippen LogP contribution < -0.4 is 4.72 Å². The number of hydrogen-bond acceptors (Lipinski definition) is 3. The van der Waals surface area contributed by atoms with Crippen molar-refractivity contribution in [2.45, 2.75) is 17.7 Å². The zero-order valence-electron chi connectivity index (χ0n) is 13.3. The lowest BCUT2D eigenvalue weighted by Gasteiger charge is -2.33. The van der Waals surface area contributed by atoms with E-state index in [-0.39, 0.29) is 23.4 Å². The van der Waals surface area contributed by atoms with Crippen molar-refractivity contribution in [1.82, 2.24) is 14.5 Å². The van der Waals surface area contributed by atoms with E-state index >= 15 is 0 Å². The van der Waals surface area contributed by atoms with Gasteiger partial charge < -0.3 is 9.80 Å². The van der Waals surface area contributed by atoms with Gasteiger partial charge in [0.05, 0.1) is 0 Å². The third kappa shape index (κ3) is 4.42. The fourth-order valence-corrected chi connectivity index (χ4v) is 3.77. The quantitative estimate of drug-likeness (QED) is 0.901. The molecule has 0 atom stereocenters. The van der Waals surface area contributed by atoms with Crippen LogP contribution in [0.5, 0.6) is 0 Å². The number of piperidine rings is 1. The zero-order valence-corrected chi connectivity index (χ0v) is 14.1. The van der Waals surface area contributed by atoms with Crippen LogP contribution in [0, 0.1) is 11.7 Å². The average Bonchev–Trinajstić information content (AvgIpc) is 2.53. The lowest BCUT2D eigenvalue weighted by atomic mass is 9.97. The molecule has 0 unspecified atom stereocenters. The van der Waals surface area contributed by atoms with Gasteiger partial charge in [0.2, 0.25) is 10.0 Å². The molecule has 0 bridgehead atoms. The fourth-order valence-electron chi connectivity index (χ4n) is 2.58. The van der Waals surface area contributed by atoms with Gasteiger partial charge in [0.15, 0.2) is 0 Å². The number of hydrogen-bond donors (Lipinski definition) is 1. The van der Waals surface area contributed by atoms with Crippen molar-refractivity contribution in [3.63, 3.8) is 0 Å². The van der Waals surface area contributed by atoms with Gasteiger partial charge in [-0.2, -0.15) is 0 Å². The van der Waals surface area contributed by atoms with E-state index in [0.717, 1.165) is 18.9 Å². The normalized spacial score (nSPS) is 16.4. The molecular weight excluding hydrogens is 321 g/mol. The zero-order chi connectivity index (χ0) is 17.0. The number of carbonyl (C=O) groups excluding carboxylic acids is 1. The third-order valence-corrected chi connectivity index (χ3v) is 5.41. The first-order valence-electron chi connectivity index (χ1n) is 7.51. The highest BCUT2D eigenvalue weighted by atomic mass is 32.2. The highest BCUT2D eigenvalue weighted by Gasteiger charge is 2.25. The Balaban J connectivity index is 1.88. The van der Waals surface area contributed by atoms with Gasteiger partial charge in [0.1, 0.15) is 10.7 Å². The van der Waals surface area contributed by atoms with E-state index in [1.165, 1.54) is 23.1 Å². The Morgan fingerprint density at radius 2 is 1.91 bits per heavy atom. The Morgan fingerprint density at radius 1 is 1.30 bits per heavy atom. The van der Waals surface area contributed by atoms with Crippen LogP contribution in [-0.2, 0) is 10.0 Å².